The lowest BCUT2D eigenvalue weighted by Gasteiger charge is -2.09. The normalized spacial score (nSPS) is 15.7. The van der Waals surface area contributed by atoms with E-state index < -0.39 is 0 Å². The predicted molar refractivity (Wildman–Crippen MR) is 93.6 cm³/mol. The molecule has 124 valence electrons. The van der Waals surface area contributed by atoms with Crippen molar-refractivity contribution in [2.75, 3.05) is 6.54 Å². The maximum Gasteiger partial charge on any atom is 0.264 e. The van der Waals surface area contributed by atoms with Crippen LogP contribution in [0.15, 0.2) is 46.8 Å². The van der Waals surface area contributed by atoms with Gasteiger partial charge in [0, 0.05) is 24.3 Å². The van der Waals surface area contributed by atoms with Crippen molar-refractivity contribution < 1.29 is 4.79 Å². The van der Waals surface area contributed by atoms with Gasteiger partial charge in [-0.2, -0.15) is 5.10 Å². The molecule has 1 heterocycles. The third-order valence-corrected chi connectivity index (χ3v) is 4.18. The van der Waals surface area contributed by atoms with Crippen LogP contribution in [0.3, 0.4) is 0 Å². The zero-order chi connectivity index (χ0) is 17.1. The number of nitrogens with zero attached hydrogens (tertiary/aromatic N) is 1. The highest BCUT2D eigenvalue weighted by molar-refractivity contribution is 5.88. The van der Waals surface area contributed by atoms with Crippen LogP contribution < -0.4 is 10.9 Å². The lowest BCUT2D eigenvalue weighted by atomic mass is 10.0. The second-order valence-electron chi connectivity index (χ2n) is 6.53. The molecule has 0 fully saturated rings. The lowest BCUT2D eigenvalue weighted by Crippen LogP contribution is -2.28. The van der Waals surface area contributed by atoms with Crippen LogP contribution in [0.4, 0.5) is 0 Å². The summed E-state index contributed by atoms with van der Waals surface area (Å²) in [5.74, 6) is 0.400. The average Bonchev–Trinajstić information content (AvgIpc) is 2.95. The Kier molecular flexibility index (Phi) is 4.60. The van der Waals surface area contributed by atoms with Crippen LogP contribution in [0.1, 0.15) is 25.0 Å². The molecule has 1 aromatic carbocycles. The summed E-state index contributed by atoms with van der Waals surface area (Å²) in [6.45, 7) is 4.51. The molecule has 1 amide bonds. The van der Waals surface area contributed by atoms with Gasteiger partial charge >= 0.3 is 0 Å². The maximum atomic E-state index is 11.7. The first-order valence-corrected chi connectivity index (χ1v) is 8.12. The number of hydrogen-bond acceptors (Lipinski definition) is 3. The SMILES string of the molecule is CC(C)=CC(=O)NCC1Cc2ccc(-c3ccc(=O)[nH]n3)cc2C1. The van der Waals surface area contributed by atoms with Gasteiger partial charge in [-0.3, -0.25) is 9.59 Å². The molecule has 0 spiro atoms. The van der Waals surface area contributed by atoms with Crippen molar-refractivity contribution in [1.82, 2.24) is 15.5 Å². The van der Waals surface area contributed by atoms with Crippen LogP contribution in [0.2, 0.25) is 0 Å². The van der Waals surface area contributed by atoms with E-state index in [1.165, 1.54) is 17.2 Å². The first-order valence-electron chi connectivity index (χ1n) is 8.12. The van der Waals surface area contributed by atoms with Crippen molar-refractivity contribution in [3.05, 3.63) is 63.5 Å². The standard InChI is InChI=1S/C19H21N3O2/c1-12(2)7-19(24)20-11-13-8-14-3-4-15(10-16(14)9-13)17-5-6-18(23)22-21-17/h3-7,10,13H,8-9,11H2,1-2H3,(H,20,24)(H,22,23). The van der Waals surface area contributed by atoms with Gasteiger partial charge in [0.2, 0.25) is 5.91 Å². The number of aromatic amines is 1. The summed E-state index contributed by atoms with van der Waals surface area (Å²) >= 11 is 0. The monoisotopic (exact) mass is 323 g/mol. The average molecular weight is 323 g/mol. The first-order chi connectivity index (χ1) is 11.5. The Balaban J connectivity index is 1.67. The minimum absolute atomic E-state index is 0.0240. The summed E-state index contributed by atoms with van der Waals surface area (Å²) in [5, 5.41) is 9.52. The Labute approximate surface area is 140 Å². The number of nitrogens with one attached hydrogen (secondary N) is 2. The zero-order valence-corrected chi connectivity index (χ0v) is 13.9. The molecule has 0 radical (unpaired) electrons. The van der Waals surface area contributed by atoms with E-state index in [0.29, 0.717) is 12.5 Å². The molecule has 24 heavy (non-hydrogen) atoms. The highest BCUT2D eigenvalue weighted by Gasteiger charge is 2.22. The van der Waals surface area contributed by atoms with E-state index in [2.05, 4.69) is 27.6 Å². The van der Waals surface area contributed by atoms with Crippen molar-refractivity contribution in [2.24, 2.45) is 5.92 Å². The number of carbonyl (C=O) groups is 1. The molecule has 1 unspecified atom stereocenters. The molecular formula is C19H21N3O2. The quantitative estimate of drug-likeness (QED) is 0.847. The molecule has 1 atom stereocenters. The number of amides is 1. The van der Waals surface area contributed by atoms with Crippen LogP contribution in [0, 0.1) is 5.92 Å². The molecule has 1 aliphatic carbocycles. The fraction of sp³-hybridized carbons (Fsp3) is 0.316. The van der Waals surface area contributed by atoms with Crippen LogP contribution in [-0.4, -0.2) is 22.6 Å². The summed E-state index contributed by atoms with van der Waals surface area (Å²) in [4.78, 5) is 22.8. The molecule has 0 bridgehead atoms. The van der Waals surface area contributed by atoms with Crippen molar-refractivity contribution in [1.29, 1.82) is 0 Å². The van der Waals surface area contributed by atoms with Gasteiger partial charge in [0.15, 0.2) is 0 Å². The number of rotatable bonds is 4. The van der Waals surface area contributed by atoms with E-state index in [0.717, 1.165) is 29.7 Å². The molecule has 1 aromatic heterocycles. The van der Waals surface area contributed by atoms with E-state index in [4.69, 9.17) is 0 Å². The van der Waals surface area contributed by atoms with Gasteiger partial charge in [-0.25, -0.2) is 5.10 Å². The number of allylic oxidation sites excluding steroid dienone is 1. The molecule has 0 saturated heterocycles. The molecule has 0 saturated carbocycles. The smallest absolute Gasteiger partial charge is 0.264 e. The van der Waals surface area contributed by atoms with Gasteiger partial charge in [-0.1, -0.05) is 17.7 Å². The second-order valence-corrected chi connectivity index (χ2v) is 6.53. The minimum atomic E-state index is -0.202. The van der Waals surface area contributed by atoms with E-state index >= 15 is 0 Å². The van der Waals surface area contributed by atoms with E-state index in [9.17, 15) is 9.59 Å². The fourth-order valence-electron chi connectivity index (χ4n) is 3.08. The molecular weight excluding hydrogens is 302 g/mol. The predicted octanol–water partition coefficient (Wildman–Crippen LogP) is 2.23. The fourth-order valence-corrected chi connectivity index (χ4v) is 3.08. The van der Waals surface area contributed by atoms with Gasteiger partial charge in [-0.15, -0.1) is 0 Å². The number of benzene rings is 1. The molecule has 0 aliphatic heterocycles. The van der Waals surface area contributed by atoms with Gasteiger partial charge in [0.1, 0.15) is 0 Å². The molecule has 2 N–H and O–H groups in total. The van der Waals surface area contributed by atoms with Crippen molar-refractivity contribution in [3.8, 4) is 11.3 Å². The summed E-state index contributed by atoms with van der Waals surface area (Å²) in [6.07, 6.45) is 3.55. The van der Waals surface area contributed by atoms with Crippen LogP contribution in [0.5, 0.6) is 0 Å². The van der Waals surface area contributed by atoms with Gasteiger partial charge < -0.3 is 5.32 Å². The van der Waals surface area contributed by atoms with Crippen LogP contribution >= 0.6 is 0 Å². The third-order valence-electron chi connectivity index (χ3n) is 4.18. The zero-order valence-electron chi connectivity index (χ0n) is 13.9. The molecule has 5 nitrogen and oxygen atoms in total. The number of aromatic nitrogens is 2. The summed E-state index contributed by atoms with van der Waals surface area (Å²) in [5.41, 5.74) is 5.18. The Hall–Kier alpha value is -2.69. The van der Waals surface area contributed by atoms with Gasteiger partial charge in [0.25, 0.3) is 5.56 Å². The molecule has 1 aliphatic rings. The molecule has 3 rings (SSSR count). The van der Waals surface area contributed by atoms with Gasteiger partial charge in [-0.05, 0) is 55.9 Å². The Morgan fingerprint density at radius 2 is 2.04 bits per heavy atom. The topological polar surface area (TPSA) is 74.8 Å². The van der Waals surface area contributed by atoms with Gasteiger partial charge in [0.05, 0.1) is 5.69 Å². The second kappa shape index (κ2) is 6.83. The van der Waals surface area contributed by atoms with Crippen LogP contribution in [-0.2, 0) is 17.6 Å². The van der Waals surface area contributed by atoms with Crippen molar-refractivity contribution >= 4 is 5.91 Å². The van der Waals surface area contributed by atoms with Crippen molar-refractivity contribution in [2.45, 2.75) is 26.7 Å². The number of carbonyl (C=O) groups excluding carboxylic acids is 1. The van der Waals surface area contributed by atoms with E-state index in [-0.39, 0.29) is 11.5 Å². The maximum absolute atomic E-state index is 11.7. The largest absolute Gasteiger partial charge is 0.352 e. The summed E-state index contributed by atoms with van der Waals surface area (Å²) in [6, 6.07) is 9.50. The highest BCUT2D eigenvalue weighted by Crippen LogP contribution is 2.30. The Bertz CT molecular complexity index is 827. The molecule has 2 aromatic rings. The highest BCUT2D eigenvalue weighted by atomic mass is 16.1. The van der Waals surface area contributed by atoms with Crippen LogP contribution in [0.25, 0.3) is 11.3 Å². The van der Waals surface area contributed by atoms with E-state index in [1.807, 2.05) is 19.9 Å². The number of hydrogen-bond donors (Lipinski definition) is 2. The summed E-state index contributed by atoms with van der Waals surface area (Å²) in [7, 11) is 0. The lowest BCUT2D eigenvalue weighted by molar-refractivity contribution is -0.116. The first kappa shape index (κ1) is 16.2. The molecule has 5 heteroatoms. The number of H-pyrrole nitrogens is 1. The van der Waals surface area contributed by atoms with E-state index in [1.54, 1.807) is 12.1 Å². The summed E-state index contributed by atoms with van der Waals surface area (Å²) < 4.78 is 0. The Morgan fingerprint density at radius 1 is 1.25 bits per heavy atom. The minimum Gasteiger partial charge on any atom is -0.352 e. The van der Waals surface area contributed by atoms with Crippen molar-refractivity contribution in [3.63, 3.8) is 0 Å². The Morgan fingerprint density at radius 3 is 2.75 bits per heavy atom. The third kappa shape index (κ3) is 3.79. The number of fused-ring (bicyclic) bond motifs is 1.